The molecule has 0 amide bonds. The topological polar surface area (TPSA) is 73.6 Å². The standard InChI is InChI=1S/C12H7ClO5/c1-17-12(16)10(14)8-5-6-4-7(13)2-3-9(6)18-11(8)15/h2-5H,1H3. The van der Waals surface area contributed by atoms with Crippen LogP contribution in [0.5, 0.6) is 0 Å². The highest BCUT2D eigenvalue weighted by molar-refractivity contribution is 6.40. The van der Waals surface area contributed by atoms with Gasteiger partial charge in [-0.1, -0.05) is 11.6 Å². The second-order valence-electron chi connectivity index (χ2n) is 3.45. The second kappa shape index (κ2) is 4.62. The number of hydrogen-bond donors (Lipinski definition) is 0. The highest BCUT2D eigenvalue weighted by Gasteiger charge is 2.21. The van der Waals surface area contributed by atoms with Crippen molar-refractivity contribution >= 4 is 34.3 Å². The van der Waals surface area contributed by atoms with E-state index in [0.29, 0.717) is 10.4 Å². The van der Waals surface area contributed by atoms with Gasteiger partial charge in [0.25, 0.3) is 5.78 Å². The Labute approximate surface area is 106 Å². The van der Waals surface area contributed by atoms with Crippen molar-refractivity contribution in [3.63, 3.8) is 0 Å². The van der Waals surface area contributed by atoms with E-state index in [1.807, 2.05) is 0 Å². The maximum Gasteiger partial charge on any atom is 0.379 e. The van der Waals surface area contributed by atoms with E-state index in [1.54, 1.807) is 6.07 Å². The zero-order chi connectivity index (χ0) is 13.3. The zero-order valence-electron chi connectivity index (χ0n) is 9.23. The molecule has 0 bridgehead atoms. The lowest BCUT2D eigenvalue weighted by Gasteiger charge is -2.00. The van der Waals surface area contributed by atoms with Crippen LogP contribution in [0.25, 0.3) is 11.0 Å². The summed E-state index contributed by atoms with van der Waals surface area (Å²) in [5.41, 5.74) is -0.984. The number of carbonyl (C=O) groups excluding carboxylic acids is 2. The normalized spacial score (nSPS) is 10.3. The Hall–Kier alpha value is -2.14. The largest absolute Gasteiger partial charge is 0.463 e. The molecule has 92 valence electrons. The summed E-state index contributed by atoms with van der Waals surface area (Å²) in [5.74, 6) is -2.17. The van der Waals surface area contributed by atoms with Gasteiger partial charge in [-0.05, 0) is 24.3 Å². The van der Waals surface area contributed by atoms with Crippen LogP contribution in [-0.4, -0.2) is 18.9 Å². The Kier molecular flexibility index (Phi) is 3.16. The average Bonchev–Trinajstić information content (AvgIpc) is 2.36. The molecule has 2 rings (SSSR count). The van der Waals surface area contributed by atoms with Crippen LogP contribution in [0.15, 0.2) is 33.5 Å². The fourth-order valence-corrected chi connectivity index (χ4v) is 1.64. The van der Waals surface area contributed by atoms with Gasteiger partial charge >= 0.3 is 11.6 Å². The van der Waals surface area contributed by atoms with Gasteiger partial charge in [-0.3, -0.25) is 4.79 Å². The highest BCUT2D eigenvalue weighted by Crippen LogP contribution is 2.19. The van der Waals surface area contributed by atoms with Crippen LogP contribution >= 0.6 is 11.6 Å². The molecule has 1 aromatic carbocycles. The molecule has 0 N–H and O–H groups in total. The Bertz CT molecular complexity index is 701. The number of halogens is 1. The van der Waals surface area contributed by atoms with Gasteiger partial charge in [0, 0.05) is 10.4 Å². The van der Waals surface area contributed by atoms with E-state index in [9.17, 15) is 14.4 Å². The molecule has 0 aliphatic heterocycles. The molecule has 1 heterocycles. The molecule has 6 heteroatoms. The number of rotatable bonds is 2. The molecule has 18 heavy (non-hydrogen) atoms. The van der Waals surface area contributed by atoms with Gasteiger partial charge in [0.05, 0.1) is 7.11 Å². The number of carbonyl (C=O) groups is 2. The van der Waals surface area contributed by atoms with E-state index in [0.717, 1.165) is 7.11 Å². The van der Waals surface area contributed by atoms with Crippen molar-refractivity contribution in [1.29, 1.82) is 0 Å². The molecule has 0 saturated carbocycles. The van der Waals surface area contributed by atoms with Crippen LogP contribution in [0, 0.1) is 0 Å². The first-order valence-electron chi connectivity index (χ1n) is 4.89. The summed E-state index contributed by atoms with van der Waals surface area (Å²) in [4.78, 5) is 34.2. The summed E-state index contributed by atoms with van der Waals surface area (Å²) in [5, 5.41) is 0.877. The van der Waals surface area contributed by atoms with E-state index < -0.39 is 17.4 Å². The average molecular weight is 267 g/mol. The number of ether oxygens (including phenoxy) is 1. The lowest BCUT2D eigenvalue weighted by atomic mass is 10.1. The number of benzene rings is 1. The van der Waals surface area contributed by atoms with Crippen LogP contribution in [0.3, 0.4) is 0 Å². The molecular weight excluding hydrogens is 260 g/mol. The molecular formula is C12H7ClO5. The maximum atomic E-state index is 11.6. The van der Waals surface area contributed by atoms with E-state index in [2.05, 4.69) is 4.74 Å². The number of hydrogen-bond acceptors (Lipinski definition) is 5. The van der Waals surface area contributed by atoms with Crippen LogP contribution in [0.2, 0.25) is 5.02 Å². The van der Waals surface area contributed by atoms with Gasteiger partial charge in [0.2, 0.25) is 0 Å². The number of methoxy groups -OCH3 is 1. The fraction of sp³-hybridized carbons (Fsp3) is 0.0833. The number of esters is 1. The summed E-state index contributed by atoms with van der Waals surface area (Å²) in [6, 6.07) is 5.83. The molecule has 0 spiro atoms. The SMILES string of the molecule is COC(=O)C(=O)c1cc2cc(Cl)ccc2oc1=O. The Morgan fingerprint density at radius 2 is 2.00 bits per heavy atom. The molecule has 0 fully saturated rings. The first-order chi connectivity index (χ1) is 8.52. The van der Waals surface area contributed by atoms with Crippen molar-refractivity contribution in [2.24, 2.45) is 0 Å². The van der Waals surface area contributed by atoms with Crippen molar-refractivity contribution in [2.75, 3.05) is 7.11 Å². The molecule has 2 aromatic rings. The van der Waals surface area contributed by atoms with Crippen LogP contribution in [0.4, 0.5) is 0 Å². The molecule has 0 aliphatic rings. The minimum Gasteiger partial charge on any atom is -0.463 e. The lowest BCUT2D eigenvalue weighted by molar-refractivity contribution is -0.135. The molecule has 0 aliphatic carbocycles. The predicted molar refractivity (Wildman–Crippen MR) is 63.8 cm³/mol. The van der Waals surface area contributed by atoms with Gasteiger partial charge in [0.1, 0.15) is 11.1 Å². The van der Waals surface area contributed by atoms with Gasteiger partial charge in [0.15, 0.2) is 0 Å². The molecule has 0 atom stereocenters. The third-order valence-electron chi connectivity index (χ3n) is 2.31. The minimum atomic E-state index is -1.12. The Morgan fingerprint density at radius 1 is 1.28 bits per heavy atom. The molecule has 5 nitrogen and oxygen atoms in total. The van der Waals surface area contributed by atoms with Crippen molar-refractivity contribution in [3.8, 4) is 0 Å². The molecule has 1 aromatic heterocycles. The minimum absolute atomic E-state index is 0.283. The van der Waals surface area contributed by atoms with E-state index >= 15 is 0 Å². The monoisotopic (exact) mass is 266 g/mol. The zero-order valence-corrected chi connectivity index (χ0v) is 9.98. The van der Waals surface area contributed by atoms with Gasteiger partial charge in [-0.2, -0.15) is 0 Å². The molecule has 0 saturated heterocycles. The summed E-state index contributed by atoms with van der Waals surface area (Å²) in [6.07, 6.45) is 0. The second-order valence-corrected chi connectivity index (χ2v) is 3.89. The van der Waals surface area contributed by atoms with E-state index in [-0.39, 0.29) is 11.1 Å². The fourth-order valence-electron chi connectivity index (χ4n) is 1.46. The van der Waals surface area contributed by atoms with Crippen molar-refractivity contribution in [3.05, 3.63) is 45.3 Å². The Morgan fingerprint density at radius 3 is 2.67 bits per heavy atom. The van der Waals surface area contributed by atoms with Crippen LogP contribution in [-0.2, 0) is 9.53 Å². The predicted octanol–water partition coefficient (Wildman–Crippen LogP) is 1.80. The first kappa shape index (κ1) is 12.3. The third-order valence-corrected chi connectivity index (χ3v) is 2.54. The molecule has 0 radical (unpaired) electrons. The first-order valence-corrected chi connectivity index (χ1v) is 5.27. The summed E-state index contributed by atoms with van der Waals surface area (Å²) >= 11 is 5.78. The van der Waals surface area contributed by atoms with Crippen LogP contribution < -0.4 is 5.63 Å². The van der Waals surface area contributed by atoms with Gasteiger partial charge in [-0.25, -0.2) is 9.59 Å². The van der Waals surface area contributed by atoms with E-state index in [4.69, 9.17) is 16.0 Å². The van der Waals surface area contributed by atoms with E-state index in [1.165, 1.54) is 18.2 Å². The highest BCUT2D eigenvalue weighted by atomic mass is 35.5. The van der Waals surface area contributed by atoms with Crippen molar-refractivity contribution in [2.45, 2.75) is 0 Å². The maximum absolute atomic E-state index is 11.6. The number of Topliss-reactive ketones (excluding diaryl/α,β-unsaturated/α-hetero) is 1. The number of fused-ring (bicyclic) bond motifs is 1. The summed E-state index contributed by atoms with van der Waals surface area (Å²) in [6.45, 7) is 0. The number of ketones is 1. The lowest BCUT2D eigenvalue weighted by Crippen LogP contribution is -2.22. The van der Waals surface area contributed by atoms with Gasteiger partial charge < -0.3 is 9.15 Å². The summed E-state index contributed by atoms with van der Waals surface area (Å²) in [7, 11) is 1.06. The van der Waals surface area contributed by atoms with Crippen LogP contribution in [0.1, 0.15) is 10.4 Å². The van der Waals surface area contributed by atoms with Gasteiger partial charge in [-0.15, -0.1) is 0 Å². The quantitative estimate of drug-likeness (QED) is 0.359. The summed E-state index contributed by atoms with van der Waals surface area (Å²) < 4.78 is 9.18. The van der Waals surface area contributed by atoms with Crippen molar-refractivity contribution in [1.82, 2.24) is 0 Å². The smallest absolute Gasteiger partial charge is 0.379 e. The Balaban J connectivity index is 2.65. The molecule has 0 unspecified atom stereocenters. The van der Waals surface area contributed by atoms with Crippen molar-refractivity contribution < 1.29 is 18.7 Å². The third kappa shape index (κ3) is 2.12.